The molecule has 1 fully saturated rings. The molecule has 0 unspecified atom stereocenters. The molecule has 4 rings (SSSR count). The van der Waals surface area contributed by atoms with Crippen LogP contribution in [0.5, 0.6) is 0 Å². The summed E-state index contributed by atoms with van der Waals surface area (Å²) in [6.07, 6.45) is 3.34. The smallest absolute Gasteiger partial charge is 0.295 e. The van der Waals surface area contributed by atoms with Gasteiger partial charge in [0.15, 0.2) is 0 Å². The fraction of sp³-hybridized carbons (Fsp3) is 0.192. The Kier molecular flexibility index (Phi) is 5.67. The van der Waals surface area contributed by atoms with E-state index in [1.54, 1.807) is 42.7 Å². The average molecular weight is 412 g/mol. The first-order valence-electron chi connectivity index (χ1n) is 10.3. The van der Waals surface area contributed by atoms with Crippen LogP contribution in [0.2, 0.25) is 0 Å². The number of nitrogens with zero attached hydrogens (tertiary/aromatic N) is 2. The molecule has 1 amide bonds. The van der Waals surface area contributed by atoms with E-state index in [1.807, 2.05) is 36.4 Å². The number of aliphatic hydroxyl groups excluding tert-OH is 1. The van der Waals surface area contributed by atoms with Crippen molar-refractivity contribution in [2.24, 2.45) is 0 Å². The van der Waals surface area contributed by atoms with Gasteiger partial charge in [0.05, 0.1) is 11.6 Å². The van der Waals surface area contributed by atoms with Crippen molar-refractivity contribution in [2.75, 3.05) is 0 Å². The van der Waals surface area contributed by atoms with Crippen LogP contribution in [-0.2, 0) is 16.1 Å². The molecule has 2 aromatic carbocycles. The first-order chi connectivity index (χ1) is 15.0. The minimum Gasteiger partial charge on any atom is -0.507 e. The largest absolute Gasteiger partial charge is 0.507 e. The minimum atomic E-state index is -0.679. The molecule has 1 atom stereocenters. The maximum atomic E-state index is 13.1. The topological polar surface area (TPSA) is 70.5 Å². The van der Waals surface area contributed by atoms with Gasteiger partial charge in [-0.25, -0.2) is 0 Å². The summed E-state index contributed by atoms with van der Waals surface area (Å²) in [5.41, 5.74) is 3.37. The fourth-order valence-electron chi connectivity index (χ4n) is 3.89. The molecule has 1 saturated heterocycles. The number of amides is 1. The van der Waals surface area contributed by atoms with Gasteiger partial charge in [-0.1, -0.05) is 74.5 Å². The predicted molar refractivity (Wildman–Crippen MR) is 119 cm³/mol. The number of likely N-dealkylation sites (tertiary alicyclic amines) is 1. The maximum Gasteiger partial charge on any atom is 0.295 e. The zero-order valence-corrected chi connectivity index (χ0v) is 17.5. The Morgan fingerprint density at radius 2 is 1.71 bits per heavy atom. The molecule has 0 bridgehead atoms. The van der Waals surface area contributed by atoms with Crippen LogP contribution in [0.15, 0.2) is 84.7 Å². The van der Waals surface area contributed by atoms with Crippen LogP contribution in [0.25, 0.3) is 5.76 Å². The predicted octanol–water partition coefficient (Wildman–Crippen LogP) is 4.83. The summed E-state index contributed by atoms with van der Waals surface area (Å²) in [6.45, 7) is 4.44. The Bertz CT molecular complexity index is 1120. The molecule has 0 radical (unpaired) electrons. The Labute approximate surface area is 181 Å². The monoisotopic (exact) mass is 412 g/mol. The second kappa shape index (κ2) is 8.56. The standard InChI is InChI=1S/C26H24N2O3/c1-17(2)19-10-12-20(13-11-19)23-22(24(29)21-8-4-3-5-9-21)25(30)26(31)28(23)16-18-7-6-14-27-15-18/h3-15,17,23,29H,16H2,1-2H3/b24-22+/t23-/m0/s1. The van der Waals surface area contributed by atoms with E-state index in [2.05, 4.69) is 18.8 Å². The number of aromatic nitrogens is 1. The fourth-order valence-corrected chi connectivity index (χ4v) is 3.89. The van der Waals surface area contributed by atoms with Crippen LogP contribution in [-0.4, -0.2) is 26.7 Å². The number of Topliss-reactive ketones (excluding diaryl/α,β-unsaturated/α-hetero) is 1. The van der Waals surface area contributed by atoms with E-state index in [1.165, 1.54) is 4.90 Å². The quantitative estimate of drug-likeness (QED) is 0.370. The zero-order valence-electron chi connectivity index (χ0n) is 17.5. The van der Waals surface area contributed by atoms with E-state index >= 15 is 0 Å². The molecule has 1 aliphatic heterocycles. The van der Waals surface area contributed by atoms with Crippen LogP contribution in [0.3, 0.4) is 0 Å². The number of hydrogen-bond acceptors (Lipinski definition) is 4. The SMILES string of the molecule is CC(C)c1ccc([C@H]2/C(=C(\O)c3ccccc3)C(=O)C(=O)N2Cc2cccnc2)cc1. The third kappa shape index (κ3) is 3.99. The molecule has 1 aromatic heterocycles. The highest BCUT2D eigenvalue weighted by Gasteiger charge is 2.46. The van der Waals surface area contributed by atoms with Gasteiger partial charge >= 0.3 is 0 Å². The number of rotatable bonds is 5. The van der Waals surface area contributed by atoms with Crippen LogP contribution in [0, 0.1) is 0 Å². The van der Waals surface area contributed by atoms with E-state index in [0.717, 1.165) is 16.7 Å². The summed E-state index contributed by atoms with van der Waals surface area (Å²) in [6, 6.07) is 19.7. The lowest BCUT2D eigenvalue weighted by molar-refractivity contribution is -0.140. The molecule has 0 saturated carbocycles. The van der Waals surface area contributed by atoms with Crippen molar-refractivity contribution in [2.45, 2.75) is 32.4 Å². The molecule has 0 spiro atoms. The van der Waals surface area contributed by atoms with Crippen molar-refractivity contribution >= 4 is 17.4 Å². The summed E-state index contributed by atoms with van der Waals surface area (Å²) in [7, 11) is 0. The average Bonchev–Trinajstić information content (AvgIpc) is 3.05. The summed E-state index contributed by atoms with van der Waals surface area (Å²) in [5.74, 6) is -1.10. The number of benzene rings is 2. The van der Waals surface area contributed by atoms with Crippen molar-refractivity contribution in [3.63, 3.8) is 0 Å². The molecule has 1 aliphatic rings. The highest BCUT2D eigenvalue weighted by atomic mass is 16.3. The molecular formula is C26H24N2O3. The van der Waals surface area contributed by atoms with Crippen LogP contribution in [0.4, 0.5) is 0 Å². The van der Waals surface area contributed by atoms with Crippen LogP contribution < -0.4 is 0 Å². The Hall–Kier alpha value is -3.73. The molecule has 156 valence electrons. The van der Waals surface area contributed by atoms with Crippen molar-refractivity contribution in [1.82, 2.24) is 9.88 Å². The number of carbonyl (C=O) groups excluding carboxylic acids is 2. The first-order valence-corrected chi connectivity index (χ1v) is 10.3. The van der Waals surface area contributed by atoms with Crippen molar-refractivity contribution in [3.05, 3.63) is 107 Å². The Balaban J connectivity index is 1.84. The summed E-state index contributed by atoms with van der Waals surface area (Å²) in [4.78, 5) is 31.7. The number of carbonyl (C=O) groups is 2. The number of ketones is 1. The van der Waals surface area contributed by atoms with Gasteiger partial charge in [0, 0.05) is 24.5 Å². The van der Waals surface area contributed by atoms with Gasteiger partial charge in [-0.2, -0.15) is 0 Å². The Morgan fingerprint density at radius 3 is 2.32 bits per heavy atom. The minimum absolute atomic E-state index is 0.109. The van der Waals surface area contributed by atoms with E-state index in [4.69, 9.17) is 0 Å². The number of aliphatic hydroxyl groups is 1. The zero-order chi connectivity index (χ0) is 22.0. The molecule has 1 N–H and O–H groups in total. The third-order valence-corrected chi connectivity index (χ3v) is 5.58. The van der Waals surface area contributed by atoms with Crippen molar-refractivity contribution in [3.8, 4) is 0 Å². The maximum absolute atomic E-state index is 13.1. The van der Waals surface area contributed by atoms with Crippen molar-refractivity contribution in [1.29, 1.82) is 0 Å². The number of pyridine rings is 1. The summed E-state index contributed by atoms with van der Waals surface area (Å²) >= 11 is 0. The van der Waals surface area contributed by atoms with Gasteiger partial charge < -0.3 is 10.0 Å². The summed E-state index contributed by atoms with van der Waals surface area (Å²) < 4.78 is 0. The molecule has 5 heteroatoms. The second-order valence-electron chi connectivity index (χ2n) is 7.98. The molecular weight excluding hydrogens is 388 g/mol. The van der Waals surface area contributed by atoms with E-state index in [-0.39, 0.29) is 17.9 Å². The van der Waals surface area contributed by atoms with Crippen LogP contribution in [0.1, 0.15) is 48.1 Å². The van der Waals surface area contributed by atoms with Crippen molar-refractivity contribution < 1.29 is 14.7 Å². The van der Waals surface area contributed by atoms with Gasteiger partial charge in [0.25, 0.3) is 11.7 Å². The lowest BCUT2D eigenvalue weighted by Crippen LogP contribution is -2.29. The van der Waals surface area contributed by atoms with E-state index < -0.39 is 17.7 Å². The summed E-state index contributed by atoms with van der Waals surface area (Å²) in [5, 5.41) is 11.0. The van der Waals surface area contributed by atoms with Gasteiger partial charge in [-0.05, 0) is 28.7 Å². The van der Waals surface area contributed by atoms with Gasteiger partial charge in [-0.3, -0.25) is 14.6 Å². The van der Waals surface area contributed by atoms with Gasteiger partial charge in [-0.15, -0.1) is 0 Å². The van der Waals surface area contributed by atoms with Crippen LogP contribution >= 0.6 is 0 Å². The first kappa shape index (κ1) is 20.5. The van der Waals surface area contributed by atoms with Gasteiger partial charge in [0.2, 0.25) is 0 Å². The van der Waals surface area contributed by atoms with Gasteiger partial charge in [0.1, 0.15) is 5.76 Å². The molecule has 5 nitrogen and oxygen atoms in total. The molecule has 0 aliphatic carbocycles. The normalized spacial score (nSPS) is 18.0. The highest BCUT2D eigenvalue weighted by Crippen LogP contribution is 2.40. The van der Waals surface area contributed by atoms with E-state index in [0.29, 0.717) is 11.5 Å². The highest BCUT2D eigenvalue weighted by molar-refractivity contribution is 6.46. The lowest BCUT2D eigenvalue weighted by atomic mass is 9.93. The number of hydrogen-bond donors (Lipinski definition) is 1. The molecule has 31 heavy (non-hydrogen) atoms. The molecule has 2 heterocycles. The lowest BCUT2D eigenvalue weighted by Gasteiger charge is -2.25. The third-order valence-electron chi connectivity index (χ3n) is 5.58. The second-order valence-corrected chi connectivity index (χ2v) is 7.98. The Morgan fingerprint density at radius 1 is 1.00 bits per heavy atom. The molecule has 3 aromatic rings. The van der Waals surface area contributed by atoms with E-state index in [9.17, 15) is 14.7 Å².